The first-order valence-electron chi connectivity index (χ1n) is 8.99. The number of carbonyl (C=O) groups excluding carboxylic acids is 1. The van der Waals surface area contributed by atoms with Gasteiger partial charge in [-0.2, -0.15) is 0 Å². The fourth-order valence-electron chi connectivity index (χ4n) is 3.15. The molecule has 0 bridgehead atoms. The molecule has 2 aromatic carbocycles. The molecule has 6 heteroatoms. The van der Waals surface area contributed by atoms with E-state index in [4.69, 9.17) is 0 Å². The number of rotatable bonds is 7. The largest absolute Gasteiger partial charge is 0.326 e. The number of anilines is 2. The zero-order valence-corrected chi connectivity index (χ0v) is 15.5. The Bertz CT molecular complexity index is 850. The Hall–Kier alpha value is -2.34. The maximum atomic E-state index is 12.1. The van der Waals surface area contributed by atoms with E-state index < -0.39 is 10.0 Å². The van der Waals surface area contributed by atoms with E-state index in [1.54, 1.807) is 24.3 Å². The summed E-state index contributed by atoms with van der Waals surface area (Å²) in [5.41, 5.74) is 2.54. The van der Waals surface area contributed by atoms with Crippen molar-refractivity contribution in [1.82, 2.24) is 0 Å². The summed E-state index contributed by atoms with van der Waals surface area (Å²) < 4.78 is 25.5. The number of aryl methyl sites for hydroxylation is 1. The zero-order chi connectivity index (χ0) is 18.4. The molecular formula is C20H24N2O3S. The van der Waals surface area contributed by atoms with Crippen LogP contribution in [0.1, 0.15) is 31.2 Å². The van der Waals surface area contributed by atoms with Crippen LogP contribution >= 0.6 is 0 Å². The topological polar surface area (TPSA) is 66.5 Å². The van der Waals surface area contributed by atoms with Crippen LogP contribution in [0.2, 0.25) is 0 Å². The molecule has 0 radical (unpaired) electrons. The van der Waals surface area contributed by atoms with Crippen molar-refractivity contribution >= 4 is 27.3 Å². The van der Waals surface area contributed by atoms with E-state index in [1.165, 1.54) is 9.87 Å². The quantitative estimate of drug-likeness (QED) is 0.756. The van der Waals surface area contributed by atoms with Crippen molar-refractivity contribution in [2.45, 2.75) is 32.1 Å². The van der Waals surface area contributed by atoms with E-state index in [9.17, 15) is 13.2 Å². The average molecular weight is 372 g/mol. The van der Waals surface area contributed by atoms with Crippen LogP contribution in [0.3, 0.4) is 0 Å². The summed E-state index contributed by atoms with van der Waals surface area (Å²) in [7, 11) is -3.21. The number of hydrogen-bond donors (Lipinski definition) is 1. The molecular weight excluding hydrogens is 348 g/mol. The lowest BCUT2D eigenvalue weighted by Crippen LogP contribution is -2.25. The molecule has 3 rings (SSSR count). The minimum atomic E-state index is -3.21. The molecule has 0 aromatic heterocycles. The van der Waals surface area contributed by atoms with Gasteiger partial charge in [0.25, 0.3) is 0 Å². The summed E-state index contributed by atoms with van der Waals surface area (Å²) in [4.78, 5) is 12.1. The van der Waals surface area contributed by atoms with Gasteiger partial charge in [0, 0.05) is 18.7 Å². The van der Waals surface area contributed by atoms with Crippen molar-refractivity contribution in [3.05, 3.63) is 60.2 Å². The van der Waals surface area contributed by atoms with Gasteiger partial charge >= 0.3 is 0 Å². The lowest BCUT2D eigenvalue weighted by molar-refractivity contribution is -0.116. The second kappa shape index (κ2) is 8.36. The Morgan fingerprint density at radius 2 is 1.85 bits per heavy atom. The van der Waals surface area contributed by atoms with Gasteiger partial charge in [0.05, 0.1) is 11.4 Å². The molecule has 0 aliphatic carbocycles. The Morgan fingerprint density at radius 3 is 2.58 bits per heavy atom. The lowest BCUT2D eigenvalue weighted by Gasteiger charge is -2.17. The molecule has 5 nitrogen and oxygen atoms in total. The summed E-state index contributed by atoms with van der Waals surface area (Å²) in [6, 6.07) is 17.3. The van der Waals surface area contributed by atoms with Crippen molar-refractivity contribution in [3.8, 4) is 0 Å². The van der Waals surface area contributed by atoms with Gasteiger partial charge in [-0.1, -0.05) is 36.4 Å². The standard InChI is InChI=1S/C20H24N2O3S/c23-20(13-5-4-10-17-8-2-1-3-9-17)21-18-11-6-12-19(16-18)22-14-7-15-26(22,24)25/h1-3,6,8-9,11-12,16H,4-5,7,10,13-15H2,(H,21,23). The maximum Gasteiger partial charge on any atom is 0.235 e. The molecule has 138 valence electrons. The van der Waals surface area contributed by atoms with E-state index in [0.29, 0.717) is 30.8 Å². The van der Waals surface area contributed by atoms with Gasteiger partial charge in [-0.25, -0.2) is 8.42 Å². The van der Waals surface area contributed by atoms with E-state index >= 15 is 0 Å². The Kier molecular flexibility index (Phi) is 5.93. The fourth-order valence-corrected chi connectivity index (χ4v) is 4.71. The number of unbranched alkanes of at least 4 members (excludes halogenated alkanes) is 1. The van der Waals surface area contributed by atoms with Crippen molar-refractivity contribution in [1.29, 1.82) is 0 Å². The van der Waals surface area contributed by atoms with Crippen LogP contribution in [-0.2, 0) is 21.2 Å². The first kappa shape index (κ1) is 18.5. The molecule has 1 saturated heterocycles. The van der Waals surface area contributed by atoms with E-state index in [0.717, 1.165) is 19.3 Å². The SMILES string of the molecule is O=C(CCCCc1ccccc1)Nc1cccc(N2CCCS2(=O)=O)c1. The van der Waals surface area contributed by atoms with Crippen LogP contribution in [0.25, 0.3) is 0 Å². The predicted molar refractivity (Wildman–Crippen MR) is 105 cm³/mol. The number of carbonyl (C=O) groups is 1. The minimum absolute atomic E-state index is 0.0421. The summed E-state index contributed by atoms with van der Waals surface area (Å²) >= 11 is 0. The molecule has 0 atom stereocenters. The van der Waals surface area contributed by atoms with Crippen LogP contribution in [0.5, 0.6) is 0 Å². The minimum Gasteiger partial charge on any atom is -0.326 e. The number of hydrogen-bond acceptors (Lipinski definition) is 3. The average Bonchev–Trinajstić information content (AvgIpc) is 2.99. The van der Waals surface area contributed by atoms with Crippen LogP contribution < -0.4 is 9.62 Å². The van der Waals surface area contributed by atoms with Crippen molar-refractivity contribution in [2.24, 2.45) is 0 Å². The number of nitrogens with one attached hydrogen (secondary N) is 1. The Labute approximate surface area is 155 Å². The lowest BCUT2D eigenvalue weighted by atomic mass is 10.1. The summed E-state index contributed by atoms with van der Waals surface area (Å²) in [6.45, 7) is 0.499. The third-order valence-corrected chi connectivity index (χ3v) is 6.35. The molecule has 1 aliphatic heterocycles. The predicted octanol–water partition coefficient (Wildman–Crippen LogP) is 3.58. The second-order valence-corrected chi connectivity index (χ2v) is 8.55. The molecule has 26 heavy (non-hydrogen) atoms. The van der Waals surface area contributed by atoms with Gasteiger partial charge in [-0.05, 0) is 49.4 Å². The third kappa shape index (κ3) is 4.85. The van der Waals surface area contributed by atoms with Crippen molar-refractivity contribution < 1.29 is 13.2 Å². The zero-order valence-electron chi connectivity index (χ0n) is 14.7. The second-order valence-electron chi connectivity index (χ2n) is 6.53. The highest BCUT2D eigenvalue weighted by atomic mass is 32.2. The van der Waals surface area contributed by atoms with Gasteiger partial charge < -0.3 is 5.32 Å². The highest BCUT2D eigenvalue weighted by Crippen LogP contribution is 2.26. The molecule has 1 amide bonds. The number of benzene rings is 2. The number of nitrogens with zero attached hydrogens (tertiary/aromatic N) is 1. The molecule has 1 heterocycles. The maximum absolute atomic E-state index is 12.1. The van der Waals surface area contributed by atoms with Crippen LogP contribution in [0.15, 0.2) is 54.6 Å². The van der Waals surface area contributed by atoms with E-state index in [1.807, 2.05) is 18.2 Å². The third-order valence-electron chi connectivity index (χ3n) is 4.48. The van der Waals surface area contributed by atoms with E-state index in [2.05, 4.69) is 17.4 Å². The van der Waals surface area contributed by atoms with Crippen LogP contribution in [0.4, 0.5) is 11.4 Å². The van der Waals surface area contributed by atoms with Gasteiger partial charge in [-0.15, -0.1) is 0 Å². The van der Waals surface area contributed by atoms with Crippen molar-refractivity contribution in [2.75, 3.05) is 21.9 Å². The highest BCUT2D eigenvalue weighted by molar-refractivity contribution is 7.93. The molecule has 0 unspecified atom stereocenters. The van der Waals surface area contributed by atoms with Gasteiger partial charge in [-0.3, -0.25) is 9.10 Å². The molecule has 0 saturated carbocycles. The number of amides is 1. The Balaban J connectivity index is 1.49. The number of sulfonamides is 1. The van der Waals surface area contributed by atoms with Gasteiger partial charge in [0.1, 0.15) is 0 Å². The van der Waals surface area contributed by atoms with Crippen LogP contribution in [-0.4, -0.2) is 26.6 Å². The monoisotopic (exact) mass is 372 g/mol. The van der Waals surface area contributed by atoms with Crippen molar-refractivity contribution in [3.63, 3.8) is 0 Å². The first-order valence-corrected chi connectivity index (χ1v) is 10.6. The van der Waals surface area contributed by atoms with Gasteiger partial charge in [0.15, 0.2) is 0 Å². The normalized spacial score (nSPS) is 15.8. The molecule has 1 fully saturated rings. The van der Waals surface area contributed by atoms with E-state index in [-0.39, 0.29) is 11.7 Å². The summed E-state index contributed by atoms with van der Waals surface area (Å²) in [5, 5.41) is 2.87. The van der Waals surface area contributed by atoms with Gasteiger partial charge in [0.2, 0.25) is 15.9 Å². The fraction of sp³-hybridized carbons (Fsp3) is 0.350. The summed E-state index contributed by atoms with van der Waals surface area (Å²) in [6.07, 6.45) is 3.85. The first-order chi connectivity index (χ1) is 12.5. The summed E-state index contributed by atoms with van der Waals surface area (Å²) in [5.74, 6) is 0.143. The smallest absolute Gasteiger partial charge is 0.235 e. The molecule has 0 spiro atoms. The Morgan fingerprint density at radius 1 is 1.04 bits per heavy atom. The molecule has 2 aromatic rings. The van der Waals surface area contributed by atoms with Crippen LogP contribution in [0, 0.1) is 0 Å². The molecule has 1 aliphatic rings. The molecule has 1 N–H and O–H groups in total. The highest BCUT2D eigenvalue weighted by Gasteiger charge is 2.28.